The predicted molar refractivity (Wildman–Crippen MR) is 43.9 cm³/mol. The molecule has 0 fully saturated rings. The first-order valence-electron chi connectivity index (χ1n) is 2.55. The van der Waals surface area contributed by atoms with Gasteiger partial charge in [-0.15, -0.1) is 4.48 Å². The van der Waals surface area contributed by atoms with Gasteiger partial charge in [-0.25, -0.2) is 5.54 Å². The smallest absolute Gasteiger partial charge is 0.0681 e. The standard InChI is InChI=1S/C6H4BrClFN/c7-4-1-5(8)3-6(2-4)10-9/h1-3,10H. The summed E-state index contributed by atoms with van der Waals surface area (Å²) in [6.07, 6.45) is 0. The summed E-state index contributed by atoms with van der Waals surface area (Å²) in [5.74, 6) is 0. The van der Waals surface area contributed by atoms with Gasteiger partial charge in [0.1, 0.15) is 0 Å². The lowest BCUT2D eigenvalue weighted by Crippen LogP contribution is -1.80. The van der Waals surface area contributed by atoms with Gasteiger partial charge in [0.2, 0.25) is 0 Å². The predicted octanol–water partition coefficient (Wildman–Crippen LogP) is 3.40. The van der Waals surface area contributed by atoms with E-state index in [2.05, 4.69) is 15.9 Å². The molecule has 0 aliphatic heterocycles. The zero-order valence-corrected chi connectivity index (χ0v) is 7.21. The third kappa shape index (κ3) is 1.85. The van der Waals surface area contributed by atoms with E-state index in [9.17, 15) is 4.48 Å². The molecule has 1 rings (SSSR count). The summed E-state index contributed by atoms with van der Waals surface area (Å²) in [5.41, 5.74) is 1.84. The molecular formula is C6H4BrClFN. The molecule has 1 N–H and O–H groups in total. The lowest BCUT2D eigenvalue weighted by atomic mass is 10.3. The second kappa shape index (κ2) is 3.21. The van der Waals surface area contributed by atoms with Crippen LogP contribution < -0.4 is 5.54 Å². The molecule has 0 saturated carbocycles. The van der Waals surface area contributed by atoms with Crippen LogP contribution in [0.2, 0.25) is 5.02 Å². The van der Waals surface area contributed by atoms with Crippen LogP contribution in [0, 0.1) is 0 Å². The minimum atomic E-state index is 0.347. The van der Waals surface area contributed by atoms with Crippen LogP contribution in [-0.4, -0.2) is 0 Å². The van der Waals surface area contributed by atoms with Gasteiger partial charge in [-0.1, -0.05) is 27.5 Å². The van der Waals surface area contributed by atoms with Gasteiger partial charge in [0.15, 0.2) is 0 Å². The van der Waals surface area contributed by atoms with Crippen LogP contribution in [0.5, 0.6) is 0 Å². The molecule has 4 heteroatoms. The minimum Gasteiger partial charge on any atom is -0.224 e. The average Bonchev–Trinajstić information content (AvgIpc) is 1.85. The van der Waals surface area contributed by atoms with E-state index in [0.717, 1.165) is 4.47 Å². The molecule has 0 radical (unpaired) electrons. The van der Waals surface area contributed by atoms with E-state index in [1.807, 2.05) is 0 Å². The highest BCUT2D eigenvalue weighted by Crippen LogP contribution is 2.22. The Morgan fingerprint density at radius 1 is 1.40 bits per heavy atom. The molecular weight excluding hydrogens is 220 g/mol. The van der Waals surface area contributed by atoms with Crippen molar-refractivity contribution in [3.63, 3.8) is 0 Å². The molecule has 0 saturated heterocycles. The molecule has 0 atom stereocenters. The van der Waals surface area contributed by atoms with Crippen molar-refractivity contribution >= 4 is 33.2 Å². The third-order valence-electron chi connectivity index (χ3n) is 0.972. The topological polar surface area (TPSA) is 12.0 Å². The second-order valence-corrected chi connectivity index (χ2v) is 3.10. The van der Waals surface area contributed by atoms with Crippen molar-refractivity contribution in [2.24, 2.45) is 0 Å². The highest BCUT2D eigenvalue weighted by atomic mass is 79.9. The van der Waals surface area contributed by atoms with Crippen LogP contribution >= 0.6 is 27.5 Å². The zero-order chi connectivity index (χ0) is 7.56. The lowest BCUT2D eigenvalue weighted by Gasteiger charge is -1.97. The third-order valence-corrected chi connectivity index (χ3v) is 1.65. The van der Waals surface area contributed by atoms with Gasteiger partial charge < -0.3 is 0 Å². The summed E-state index contributed by atoms with van der Waals surface area (Å²) in [6.45, 7) is 0. The van der Waals surface area contributed by atoms with Crippen LogP contribution in [0.1, 0.15) is 0 Å². The average molecular weight is 224 g/mol. The Hall–Kier alpha value is -0.280. The van der Waals surface area contributed by atoms with E-state index < -0.39 is 0 Å². The van der Waals surface area contributed by atoms with E-state index in [4.69, 9.17) is 11.6 Å². The number of rotatable bonds is 1. The van der Waals surface area contributed by atoms with Crippen LogP contribution in [-0.2, 0) is 0 Å². The first-order chi connectivity index (χ1) is 4.72. The number of benzene rings is 1. The highest BCUT2D eigenvalue weighted by molar-refractivity contribution is 9.10. The Bertz CT molecular complexity index is 221. The van der Waals surface area contributed by atoms with Gasteiger partial charge in [0.05, 0.1) is 5.69 Å². The lowest BCUT2D eigenvalue weighted by molar-refractivity contribution is 0.617. The molecule has 0 amide bonds. The molecule has 54 valence electrons. The number of hydrogen-bond acceptors (Lipinski definition) is 1. The van der Waals surface area contributed by atoms with Crippen molar-refractivity contribution in [2.45, 2.75) is 0 Å². The van der Waals surface area contributed by atoms with E-state index in [1.54, 1.807) is 12.1 Å². The number of nitrogens with one attached hydrogen (secondary N) is 1. The van der Waals surface area contributed by atoms with Crippen molar-refractivity contribution in [3.05, 3.63) is 27.7 Å². The summed E-state index contributed by atoms with van der Waals surface area (Å²) in [5, 5.41) is 0.495. The first-order valence-corrected chi connectivity index (χ1v) is 3.72. The second-order valence-electron chi connectivity index (χ2n) is 1.75. The van der Waals surface area contributed by atoms with Crippen LogP contribution in [0.15, 0.2) is 22.7 Å². The molecule has 0 aliphatic rings. The summed E-state index contributed by atoms with van der Waals surface area (Å²) in [4.78, 5) is 0. The van der Waals surface area contributed by atoms with Gasteiger partial charge in [0, 0.05) is 9.50 Å². The summed E-state index contributed by atoms with van der Waals surface area (Å²) < 4.78 is 12.5. The molecule has 1 aromatic rings. The fraction of sp³-hybridized carbons (Fsp3) is 0. The fourth-order valence-corrected chi connectivity index (χ4v) is 1.47. The van der Waals surface area contributed by atoms with Crippen LogP contribution in [0.4, 0.5) is 10.2 Å². The molecule has 0 heterocycles. The molecule has 1 nitrogen and oxygen atoms in total. The highest BCUT2D eigenvalue weighted by Gasteiger charge is 1.95. The summed E-state index contributed by atoms with van der Waals surface area (Å²) >= 11 is 8.75. The van der Waals surface area contributed by atoms with Crippen LogP contribution in [0.3, 0.4) is 0 Å². The molecule has 0 bridgehead atoms. The molecule has 1 aromatic carbocycles. The van der Waals surface area contributed by atoms with Crippen molar-refractivity contribution in [1.29, 1.82) is 0 Å². The summed E-state index contributed by atoms with van der Waals surface area (Å²) in [6, 6.07) is 4.76. The Balaban J connectivity index is 3.06. The van der Waals surface area contributed by atoms with E-state index in [1.165, 1.54) is 11.6 Å². The normalized spacial score (nSPS) is 9.50. The largest absolute Gasteiger partial charge is 0.224 e. The quantitative estimate of drug-likeness (QED) is 0.721. The molecule has 0 aromatic heterocycles. The van der Waals surface area contributed by atoms with E-state index >= 15 is 0 Å². The first kappa shape index (κ1) is 7.82. The maximum absolute atomic E-state index is 11.8. The van der Waals surface area contributed by atoms with Gasteiger partial charge in [-0.05, 0) is 18.2 Å². The Labute approximate surface area is 71.3 Å². The van der Waals surface area contributed by atoms with Crippen LogP contribution in [0.25, 0.3) is 0 Å². The summed E-state index contributed by atoms with van der Waals surface area (Å²) in [7, 11) is 0. The monoisotopic (exact) mass is 223 g/mol. The Kier molecular flexibility index (Phi) is 2.51. The van der Waals surface area contributed by atoms with Gasteiger partial charge >= 0.3 is 0 Å². The maximum atomic E-state index is 11.8. The number of hydrogen-bond donors (Lipinski definition) is 1. The Morgan fingerprint density at radius 3 is 2.60 bits per heavy atom. The Morgan fingerprint density at radius 2 is 2.10 bits per heavy atom. The van der Waals surface area contributed by atoms with E-state index in [-0.39, 0.29) is 0 Å². The SMILES string of the molecule is FNc1cc(Cl)cc(Br)c1. The van der Waals surface area contributed by atoms with Crippen molar-refractivity contribution < 1.29 is 4.48 Å². The fourth-order valence-electron chi connectivity index (χ4n) is 0.608. The van der Waals surface area contributed by atoms with Crippen molar-refractivity contribution in [3.8, 4) is 0 Å². The molecule has 10 heavy (non-hydrogen) atoms. The molecule has 0 unspecified atom stereocenters. The molecule has 0 aliphatic carbocycles. The number of anilines is 1. The zero-order valence-electron chi connectivity index (χ0n) is 4.87. The minimum absolute atomic E-state index is 0.347. The van der Waals surface area contributed by atoms with Gasteiger partial charge in [0.25, 0.3) is 0 Å². The van der Waals surface area contributed by atoms with E-state index in [0.29, 0.717) is 10.7 Å². The maximum Gasteiger partial charge on any atom is 0.0681 e. The molecule has 0 spiro atoms. The van der Waals surface area contributed by atoms with Crippen molar-refractivity contribution in [1.82, 2.24) is 0 Å². The van der Waals surface area contributed by atoms with Gasteiger partial charge in [-0.3, -0.25) is 0 Å². The number of halogens is 3. The van der Waals surface area contributed by atoms with Gasteiger partial charge in [-0.2, -0.15) is 0 Å². The van der Waals surface area contributed by atoms with Crippen molar-refractivity contribution in [2.75, 3.05) is 5.54 Å².